The summed E-state index contributed by atoms with van der Waals surface area (Å²) < 4.78 is 0. The molecule has 2 rings (SSSR count). The monoisotopic (exact) mass is 774 g/mol. The van der Waals surface area contributed by atoms with E-state index in [-0.39, 0.29) is 75.2 Å². The number of guanidine groups is 1. The van der Waals surface area contributed by atoms with Crippen LogP contribution in [0, 0.1) is 11.8 Å². The van der Waals surface area contributed by atoms with E-state index in [1.165, 1.54) is 17.0 Å². The highest BCUT2D eigenvalue weighted by atomic mass is 16.4. The number of nitrogens with zero attached hydrogens (tertiary/aromatic N) is 2. The Morgan fingerprint density at radius 1 is 0.818 bits per heavy atom. The van der Waals surface area contributed by atoms with Crippen molar-refractivity contribution < 1.29 is 43.8 Å². The van der Waals surface area contributed by atoms with Crippen LogP contribution in [-0.2, 0) is 40.0 Å². The van der Waals surface area contributed by atoms with Crippen LogP contribution in [0.15, 0.2) is 29.3 Å². The van der Waals surface area contributed by atoms with Crippen molar-refractivity contribution in [2.45, 2.75) is 115 Å². The van der Waals surface area contributed by atoms with Crippen molar-refractivity contribution in [2.24, 2.45) is 39.8 Å². The van der Waals surface area contributed by atoms with Gasteiger partial charge in [0.15, 0.2) is 5.96 Å². The van der Waals surface area contributed by atoms with Gasteiger partial charge in [-0.3, -0.25) is 33.8 Å². The first-order valence-corrected chi connectivity index (χ1v) is 18.4. The Morgan fingerprint density at radius 2 is 1.38 bits per heavy atom. The molecule has 55 heavy (non-hydrogen) atoms. The van der Waals surface area contributed by atoms with Crippen LogP contribution >= 0.6 is 0 Å². The number of aliphatic carboxylic acids is 1. The fourth-order valence-electron chi connectivity index (χ4n) is 6.14. The van der Waals surface area contributed by atoms with Crippen molar-refractivity contribution in [3.63, 3.8) is 0 Å². The number of hydrogen-bond acceptors (Lipinski definition) is 10. The largest absolute Gasteiger partial charge is 0.508 e. The van der Waals surface area contributed by atoms with Crippen LogP contribution in [0.1, 0.15) is 78.2 Å². The van der Waals surface area contributed by atoms with Crippen molar-refractivity contribution in [3.8, 4) is 5.75 Å². The summed E-state index contributed by atoms with van der Waals surface area (Å²) in [7, 11) is 0. The minimum atomic E-state index is -1.51. The van der Waals surface area contributed by atoms with E-state index in [0.29, 0.717) is 12.0 Å². The Balaban J connectivity index is 2.26. The van der Waals surface area contributed by atoms with E-state index in [1.54, 1.807) is 26.0 Å². The molecule has 19 heteroatoms. The highest BCUT2D eigenvalue weighted by Gasteiger charge is 2.40. The smallest absolute Gasteiger partial charge is 0.326 e. The number of amides is 6. The first-order chi connectivity index (χ1) is 25.8. The molecule has 0 spiro atoms. The number of primary amides is 1. The number of carboxylic acid groups (broad SMARTS) is 1. The number of hydrogen-bond donors (Lipinski definition) is 10. The maximum atomic E-state index is 14.1. The van der Waals surface area contributed by atoms with Crippen LogP contribution in [0.3, 0.4) is 0 Å². The van der Waals surface area contributed by atoms with Gasteiger partial charge >= 0.3 is 5.97 Å². The van der Waals surface area contributed by atoms with Crippen molar-refractivity contribution in [1.82, 2.24) is 26.2 Å². The van der Waals surface area contributed by atoms with Crippen LogP contribution < -0.4 is 44.2 Å². The molecule has 6 amide bonds. The lowest BCUT2D eigenvalue weighted by Gasteiger charge is -2.31. The number of rotatable bonds is 22. The topological polar surface area (TPSA) is 328 Å². The maximum Gasteiger partial charge on any atom is 0.326 e. The van der Waals surface area contributed by atoms with Crippen molar-refractivity contribution in [3.05, 3.63) is 29.8 Å². The van der Waals surface area contributed by atoms with E-state index in [4.69, 9.17) is 22.9 Å². The third-order valence-corrected chi connectivity index (χ3v) is 8.83. The number of nitrogens with two attached hydrogens (primary N) is 4. The molecule has 1 aromatic carbocycles. The standard InChI is InChI=1S/C36H58N10O9/c1-19(2)15-26(44-31(50)24(7-5-13-41-36(39)40)42-30(49)23(37)17-21-9-11-22(47)12-10-21)34(53)46-14-6-8-28(46)33(52)43-25(18-29(38)48)32(51)45-27(35(54)55)16-20(3)4/h9-12,19-20,23-28,47H,5-8,13-18,37H2,1-4H3,(H2,38,48)(H,42,49)(H,43,52)(H,44,50)(H,45,51)(H,54,55)(H4,39,40,41)/t23-,24-,25-,26-,27-,28-/m0/s1. The second-order valence-corrected chi connectivity index (χ2v) is 14.6. The van der Waals surface area contributed by atoms with Crippen molar-refractivity contribution >= 4 is 47.4 Å². The van der Waals surface area contributed by atoms with Gasteiger partial charge in [0.05, 0.1) is 12.5 Å². The highest BCUT2D eigenvalue weighted by Crippen LogP contribution is 2.21. The second-order valence-electron chi connectivity index (χ2n) is 14.6. The molecule has 0 radical (unpaired) electrons. The molecule has 0 aromatic heterocycles. The summed E-state index contributed by atoms with van der Waals surface area (Å²) >= 11 is 0. The minimum absolute atomic E-state index is 0.0496. The third-order valence-electron chi connectivity index (χ3n) is 8.83. The lowest BCUT2D eigenvalue weighted by molar-refractivity contribution is -0.144. The van der Waals surface area contributed by atoms with E-state index in [2.05, 4.69) is 26.3 Å². The summed E-state index contributed by atoms with van der Waals surface area (Å²) in [6, 6.07) is -1.04. The molecule has 1 heterocycles. The molecule has 1 aromatic rings. The van der Waals surface area contributed by atoms with Gasteiger partial charge in [-0.05, 0) is 74.5 Å². The first kappa shape index (κ1) is 45.7. The number of phenolic OH excluding ortho intramolecular Hbond substituents is 1. The zero-order chi connectivity index (χ0) is 41.4. The van der Waals surface area contributed by atoms with Gasteiger partial charge in [0.1, 0.15) is 36.0 Å². The fourth-order valence-corrected chi connectivity index (χ4v) is 6.14. The average Bonchev–Trinajstić information content (AvgIpc) is 3.58. The SMILES string of the molecule is CC(C)C[C@H](NC(=O)[C@H](CC(N)=O)NC(=O)[C@@H]1CCCN1C(=O)[C@H](CC(C)C)NC(=O)[C@H](CCCN=C(N)N)NC(=O)[C@@H](N)Cc1ccc(O)cc1)C(=O)O. The molecule has 6 atom stereocenters. The number of carboxylic acids is 1. The lowest BCUT2D eigenvalue weighted by Crippen LogP contribution is -2.59. The summed E-state index contributed by atoms with van der Waals surface area (Å²) in [5, 5.41) is 29.4. The van der Waals surface area contributed by atoms with Gasteiger partial charge in [-0.15, -0.1) is 0 Å². The third kappa shape index (κ3) is 15.8. The van der Waals surface area contributed by atoms with Crippen molar-refractivity contribution in [1.29, 1.82) is 0 Å². The van der Waals surface area contributed by atoms with Gasteiger partial charge < -0.3 is 59.3 Å². The number of aromatic hydroxyl groups is 1. The Labute approximate surface area is 320 Å². The van der Waals surface area contributed by atoms with Gasteiger partial charge in [-0.25, -0.2) is 4.79 Å². The molecule has 0 unspecified atom stereocenters. The summed E-state index contributed by atoms with van der Waals surface area (Å²) in [5.74, 6) is -6.06. The second kappa shape index (κ2) is 22.0. The number of benzene rings is 1. The highest BCUT2D eigenvalue weighted by molar-refractivity contribution is 5.97. The Bertz CT molecular complexity index is 1530. The van der Waals surface area contributed by atoms with Crippen molar-refractivity contribution in [2.75, 3.05) is 13.1 Å². The van der Waals surface area contributed by atoms with Crippen LogP contribution in [-0.4, -0.2) is 112 Å². The molecular weight excluding hydrogens is 716 g/mol. The van der Waals surface area contributed by atoms with Crippen LogP contribution in [0.4, 0.5) is 0 Å². The number of phenols is 1. The summed E-state index contributed by atoms with van der Waals surface area (Å²) in [5.41, 5.74) is 23.1. The Morgan fingerprint density at radius 3 is 1.95 bits per heavy atom. The number of carbonyl (C=O) groups excluding carboxylic acids is 6. The summed E-state index contributed by atoms with van der Waals surface area (Å²) in [6.07, 6.45) is 0.749. The van der Waals surface area contributed by atoms with E-state index < -0.39 is 84.1 Å². The van der Waals surface area contributed by atoms with Gasteiger partial charge in [0, 0.05) is 13.1 Å². The van der Waals surface area contributed by atoms with Gasteiger partial charge in [-0.2, -0.15) is 0 Å². The molecule has 0 saturated carbocycles. The maximum absolute atomic E-state index is 14.1. The molecule has 14 N–H and O–H groups in total. The Hall–Kier alpha value is -5.46. The summed E-state index contributed by atoms with van der Waals surface area (Å²) in [6.45, 7) is 7.53. The zero-order valence-corrected chi connectivity index (χ0v) is 32.0. The predicted octanol–water partition coefficient (Wildman–Crippen LogP) is -1.70. The molecule has 1 aliphatic heterocycles. The quantitative estimate of drug-likeness (QED) is 0.0358. The van der Waals surface area contributed by atoms with Crippen LogP contribution in [0.2, 0.25) is 0 Å². The van der Waals surface area contributed by atoms with Crippen LogP contribution in [0.5, 0.6) is 5.75 Å². The normalized spacial score (nSPS) is 16.6. The Kier molecular flexibility index (Phi) is 18.3. The molecule has 1 fully saturated rings. The first-order valence-electron chi connectivity index (χ1n) is 18.4. The predicted molar refractivity (Wildman–Crippen MR) is 203 cm³/mol. The fraction of sp³-hybridized carbons (Fsp3) is 0.611. The van der Waals surface area contributed by atoms with Gasteiger partial charge in [0.2, 0.25) is 35.4 Å². The zero-order valence-electron chi connectivity index (χ0n) is 32.0. The van der Waals surface area contributed by atoms with E-state index in [1.807, 2.05) is 13.8 Å². The number of nitrogens with one attached hydrogen (secondary N) is 4. The average molecular weight is 775 g/mol. The molecule has 1 saturated heterocycles. The van der Waals surface area contributed by atoms with Gasteiger partial charge in [-0.1, -0.05) is 39.8 Å². The molecule has 306 valence electrons. The molecule has 0 bridgehead atoms. The summed E-state index contributed by atoms with van der Waals surface area (Å²) in [4.78, 5) is 96.7. The van der Waals surface area contributed by atoms with E-state index in [9.17, 15) is 43.8 Å². The van der Waals surface area contributed by atoms with Crippen LogP contribution in [0.25, 0.3) is 0 Å². The lowest BCUT2D eigenvalue weighted by atomic mass is 10.0. The molecular formula is C36H58N10O9. The minimum Gasteiger partial charge on any atom is -0.508 e. The number of carbonyl (C=O) groups is 7. The number of likely N-dealkylation sites (tertiary alicyclic amines) is 1. The molecule has 0 aliphatic carbocycles. The van der Waals surface area contributed by atoms with E-state index in [0.717, 1.165) is 0 Å². The molecule has 1 aliphatic rings. The van der Waals surface area contributed by atoms with Gasteiger partial charge in [0.25, 0.3) is 0 Å². The number of aliphatic imine (C=N–C) groups is 1. The molecule has 19 nitrogen and oxygen atoms in total. The van der Waals surface area contributed by atoms with E-state index >= 15 is 0 Å².